The van der Waals surface area contributed by atoms with Crippen molar-refractivity contribution < 1.29 is 9.47 Å². The zero-order valence-corrected chi connectivity index (χ0v) is 14.2. The topological polar surface area (TPSA) is 106 Å². The zero-order valence-electron chi connectivity index (χ0n) is 13.4. The predicted molar refractivity (Wildman–Crippen MR) is 95.1 cm³/mol. The average Bonchev–Trinajstić information content (AvgIpc) is 2.97. The number of hydrogen-bond acceptors (Lipinski definition) is 6. The number of nitrogen functional groups attached to an aromatic ring is 1. The normalized spacial score (nSPS) is 10.9. The van der Waals surface area contributed by atoms with Crippen LogP contribution in [0.15, 0.2) is 34.0 Å². The zero-order chi connectivity index (χ0) is 17.1. The molecule has 0 fully saturated rings. The second kappa shape index (κ2) is 6.88. The van der Waals surface area contributed by atoms with Crippen LogP contribution in [0.4, 0.5) is 5.95 Å². The summed E-state index contributed by atoms with van der Waals surface area (Å²) in [6, 6.07) is 7.50. The fraction of sp³-hybridized carbons (Fsp3) is 0.250. The van der Waals surface area contributed by atoms with E-state index in [4.69, 9.17) is 15.2 Å². The van der Waals surface area contributed by atoms with Crippen LogP contribution in [0, 0.1) is 0 Å². The quantitative estimate of drug-likeness (QED) is 0.591. The molecule has 8 heteroatoms. The van der Waals surface area contributed by atoms with Crippen molar-refractivity contribution in [3.8, 4) is 11.5 Å². The Balaban J connectivity index is 1.73. The SMILES string of the molecule is COc1ccc(OC)c(SCCc2cc3c(=O)[nH]c(N)nc3[nH]2)c1. The molecule has 0 spiro atoms. The number of aromatic nitrogens is 3. The van der Waals surface area contributed by atoms with Gasteiger partial charge in [0.05, 0.1) is 24.5 Å². The van der Waals surface area contributed by atoms with Gasteiger partial charge in [0.25, 0.3) is 5.56 Å². The Morgan fingerprint density at radius 3 is 2.79 bits per heavy atom. The molecule has 0 radical (unpaired) electrons. The molecule has 0 amide bonds. The number of H-pyrrole nitrogens is 2. The van der Waals surface area contributed by atoms with E-state index < -0.39 is 0 Å². The van der Waals surface area contributed by atoms with Crippen molar-refractivity contribution in [1.29, 1.82) is 0 Å². The van der Waals surface area contributed by atoms with Crippen molar-refractivity contribution in [3.05, 3.63) is 40.3 Å². The van der Waals surface area contributed by atoms with Gasteiger partial charge in [0.1, 0.15) is 17.1 Å². The fourth-order valence-corrected chi connectivity index (χ4v) is 3.43. The van der Waals surface area contributed by atoms with Crippen molar-refractivity contribution in [2.75, 3.05) is 25.7 Å². The lowest BCUT2D eigenvalue weighted by molar-refractivity contribution is 0.394. The highest BCUT2D eigenvalue weighted by Gasteiger charge is 2.09. The Morgan fingerprint density at radius 2 is 2.04 bits per heavy atom. The first-order valence-corrected chi connectivity index (χ1v) is 8.31. The third kappa shape index (κ3) is 3.33. The number of methoxy groups -OCH3 is 2. The molecule has 0 aliphatic carbocycles. The van der Waals surface area contributed by atoms with Gasteiger partial charge in [-0.05, 0) is 30.7 Å². The number of nitrogens with zero attached hydrogens (tertiary/aromatic N) is 1. The Labute approximate surface area is 142 Å². The molecule has 7 nitrogen and oxygen atoms in total. The van der Waals surface area contributed by atoms with Crippen LogP contribution in [0.5, 0.6) is 11.5 Å². The molecular formula is C16H18N4O3S. The molecular weight excluding hydrogens is 328 g/mol. The van der Waals surface area contributed by atoms with Gasteiger partial charge >= 0.3 is 0 Å². The molecule has 0 aliphatic heterocycles. The molecule has 0 bridgehead atoms. The van der Waals surface area contributed by atoms with Crippen LogP contribution in [0.1, 0.15) is 5.69 Å². The number of anilines is 1. The van der Waals surface area contributed by atoms with Gasteiger partial charge in [-0.2, -0.15) is 4.98 Å². The van der Waals surface area contributed by atoms with Crippen molar-refractivity contribution in [3.63, 3.8) is 0 Å². The average molecular weight is 346 g/mol. The Morgan fingerprint density at radius 1 is 1.21 bits per heavy atom. The summed E-state index contributed by atoms with van der Waals surface area (Å²) in [5.41, 5.74) is 6.76. The Kier molecular flexibility index (Phi) is 4.66. The number of ether oxygens (including phenoxy) is 2. The molecule has 24 heavy (non-hydrogen) atoms. The van der Waals surface area contributed by atoms with Crippen LogP contribution in [0.25, 0.3) is 11.0 Å². The molecule has 2 aromatic heterocycles. The van der Waals surface area contributed by atoms with Crippen LogP contribution >= 0.6 is 11.8 Å². The van der Waals surface area contributed by atoms with Gasteiger partial charge in [0, 0.05) is 11.4 Å². The van der Waals surface area contributed by atoms with E-state index in [1.165, 1.54) is 0 Å². The van der Waals surface area contributed by atoms with Crippen LogP contribution in [-0.2, 0) is 6.42 Å². The van der Waals surface area contributed by atoms with E-state index in [0.717, 1.165) is 34.3 Å². The van der Waals surface area contributed by atoms with Gasteiger partial charge < -0.3 is 20.2 Å². The van der Waals surface area contributed by atoms with Gasteiger partial charge in [0.15, 0.2) is 0 Å². The lowest BCUT2D eigenvalue weighted by Gasteiger charge is -2.09. The number of nitrogens with one attached hydrogen (secondary N) is 2. The number of fused-ring (bicyclic) bond motifs is 1. The third-order valence-electron chi connectivity index (χ3n) is 3.57. The molecule has 126 valence electrons. The summed E-state index contributed by atoms with van der Waals surface area (Å²) >= 11 is 1.66. The Bertz CT molecular complexity index is 919. The standard InChI is InChI=1S/C16H18N4O3S/c1-22-10-3-4-12(23-2)13(8-10)24-6-5-9-7-11-14(18-9)19-16(17)20-15(11)21/h3-4,7-8H,5-6H2,1-2H3,(H4,17,18,19,20,21). The smallest absolute Gasteiger partial charge is 0.261 e. The third-order valence-corrected chi connectivity index (χ3v) is 4.61. The molecule has 2 heterocycles. The van der Waals surface area contributed by atoms with Gasteiger partial charge in [0.2, 0.25) is 5.95 Å². The highest BCUT2D eigenvalue weighted by molar-refractivity contribution is 7.99. The summed E-state index contributed by atoms with van der Waals surface area (Å²) in [5.74, 6) is 2.51. The number of benzene rings is 1. The first kappa shape index (κ1) is 16.3. The molecule has 4 N–H and O–H groups in total. The summed E-state index contributed by atoms with van der Waals surface area (Å²) in [5, 5.41) is 0.517. The van der Waals surface area contributed by atoms with Crippen LogP contribution in [0.2, 0.25) is 0 Å². The number of thioether (sulfide) groups is 1. The molecule has 0 atom stereocenters. The van der Waals surface area contributed by atoms with E-state index in [2.05, 4.69) is 15.0 Å². The largest absolute Gasteiger partial charge is 0.497 e. The van der Waals surface area contributed by atoms with E-state index >= 15 is 0 Å². The summed E-state index contributed by atoms with van der Waals surface area (Å²) < 4.78 is 10.6. The first-order chi connectivity index (χ1) is 11.6. The Hall–Kier alpha value is -2.61. The highest BCUT2D eigenvalue weighted by atomic mass is 32.2. The minimum atomic E-state index is -0.234. The lowest BCUT2D eigenvalue weighted by Crippen LogP contribution is -2.09. The molecule has 0 saturated heterocycles. The monoisotopic (exact) mass is 346 g/mol. The van der Waals surface area contributed by atoms with Crippen LogP contribution < -0.4 is 20.8 Å². The molecule has 0 unspecified atom stereocenters. The summed E-state index contributed by atoms with van der Waals surface area (Å²) in [6.07, 6.45) is 0.751. The van der Waals surface area contributed by atoms with Crippen molar-refractivity contribution in [2.45, 2.75) is 11.3 Å². The minimum Gasteiger partial charge on any atom is -0.497 e. The fourth-order valence-electron chi connectivity index (χ4n) is 2.39. The molecule has 3 aromatic rings. The molecule has 1 aromatic carbocycles. The van der Waals surface area contributed by atoms with Gasteiger partial charge in [-0.15, -0.1) is 11.8 Å². The minimum absolute atomic E-state index is 0.108. The predicted octanol–water partition coefficient (Wildman–Crippen LogP) is 2.19. The second-order valence-corrected chi connectivity index (χ2v) is 6.26. The maximum absolute atomic E-state index is 11.8. The first-order valence-electron chi connectivity index (χ1n) is 7.33. The maximum Gasteiger partial charge on any atom is 0.261 e. The number of rotatable bonds is 6. The number of nitrogens with two attached hydrogens (primary N) is 1. The van der Waals surface area contributed by atoms with E-state index in [1.54, 1.807) is 26.0 Å². The van der Waals surface area contributed by atoms with E-state index in [9.17, 15) is 4.79 Å². The van der Waals surface area contributed by atoms with Crippen molar-refractivity contribution >= 4 is 28.7 Å². The molecule has 0 aliphatic rings. The van der Waals surface area contributed by atoms with E-state index in [1.807, 2.05) is 24.3 Å². The van der Waals surface area contributed by atoms with E-state index in [0.29, 0.717) is 11.0 Å². The van der Waals surface area contributed by atoms with Gasteiger partial charge in [-0.1, -0.05) is 0 Å². The molecule has 0 saturated carbocycles. The second-order valence-electron chi connectivity index (χ2n) is 5.12. The van der Waals surface area contributed by atoms with Gasteiger partial charge in [-0.3, -0.25) is 9.78 Å². The highest BCUT2D eigenvalue weighted by Crippen LogP contribution is 2.33. The van der Waals surface area contributed by atoms with Crippen molar-refractivity contribution in [2.24, 2.45) is 0 Å². The maximum atomic E-state index is 11.8. The summed E-state index contributed by atoms with van der Waals surface area (Å²) in [4.78, 5) is 22.6. The van der Waals surface area contributed by atoms with Crippen molar-refractivity contribution in [1.82, 2.24) is 15.0 Å². The lowest BCUT2D eigenvalue weighted by atomic mass is 10.3. The number of hydrogen-bond donors (Lipinski definition) is 3. The van der Waals surface area contributed by atoms with Crippen LogP contribution in [0.3, 0.4) is 0 Å². The van der Waals surface area contributed by atoms with Gasteiger partial charge in [-0.25, -0.2) is 0 Å². The molecule has 3 rings (SSSR count). The number of aromatic amines is 2. The summed E-state index contributed by atoms with van der Waals surface area (Å²) in [7, 11) is 3.28. The summed E-state index contributed by atoms with van der Waals surface area (Å²) in [6.45, 7) is 0. The number of aryl methyl sites for hydroxylation is 1. The van der Waals surface area contributed by atoms with E-state index in [-0.39, 0.29) is 11.5 Å². The van der Waals surface area contributed by atoms with Crippen LogP contribution in [-0.4, -0.2) is 34.9 Å².